The van der Waals surface area contributed by atoms with Crippen LogP contribution in [-0.2, 0) is 9.53 Å². The van der Waals surface area contributed by atoms with E-state index >= 15 is 0 Å². The third kappa shape index (κ3) is 3.08. The van der Waals surface area contributed by atoms with Crippen LogP contribution in [0.25, 0.3) is 0 Å². The monoisotopic (exact) mass is 265 g/mol. The fourth-order valence-corrected chi connectivity index (χ4v) is 2.04. The molecule has 0 radical (unpaired) electrons. The van der Waals surface area contributed by atoms with Crippen LogP contribution in [0.1, 0.15) is 12.0 Å². The van der Waals surface area contributed by atoms with E-state index in [-0.39, 0.29) is 29.7 Å². The molecule has 6 heteroatoms. The molecule has 0 amide bonds. The second-order valence-electron chi connectivity index (χ2n) is 4.49. The molecule has 0 N–H and O–H groups in total. The number of para-hydroxylation sites is 1. The van der Waals surface area contributed by atoms with E-state index in [2.05, 4.69) is 0 Å². The van der Waals surface area contributed by atoms with Gasteiger partial charge in [0.05, 0.1) is 11.5 Å². The molecule has 1 atom stereocenters. The van der Waals surface area contributed by atoms with E-state index in [4.69, 9.17) is 9.47 Å². The van der Waals surface area contributed by atoms with Gasteiger partial charge in [0.15, 0.2) is 11.5 Å². The molecule has 1 saturated heterocycles. The number of aryl methyl sites for hydroxylation is 1. The Morgan fingerprint density at radius 2 is 2.37 bits per heavy atom. The first-order valence-corrected chi connectivity index (χ1v) is 6.07. The second-order valence-corrected chi connectivity index (χ2v) is 4.49. The smallest absolute Gasteiger partial charge is 0.313 e. The van der Waals surface area contributed by atoms with Gasteiger partial charge < -0.3 is 9.47 Å². The molecule has 1 aromatic carbocycles. The van der Waals surface area contributed by atoms with Crippen molar-refractivity contribution < 1.29 is 19.2 Å². The third-order valence-electron chi connectivity index (χ3n) is 3.14. The molecule has 1 aliphatic rings. The Balaban J connectivity index is 2.05. The maximum absolute atomic E-state index is 11.8. The Labute approximate surface area is 110 Å². The topological polar surface area (TPSA) is 78.7 Å². The van der Waals surface area contributed by atoms with Crippen LogP contribution in [0.4, 0.5) is 5.69 Å². The molecule has 1 unspecified atom stereocenters. The number of hydrogen-bond acceptors (Lipinski definition) is 5. The van der Waals surface area contributed by atoms with E-state index in [9.17, 15) is 14.9 Å². The van der Waals surface area contributed by atoms with Gasteiger partial charge in [0.1, 0.15) is 6.61 Å². The molecular formula is C13H15NO5. The maximum atomic E-state index is 11.8. The Morgan fingerprint density at radius 1 is 1.58 bits per heavy atom. The number of Topliss-reactive ketones (excluding diaryl/α,β-unsaturated/α-hetero) is 1. The van der Waals surface area contributed by atoms with Crippen molar-refractivity contribution in [3.63, 3.8) is 0 Å². The minimum Gasteiger partial charge on any atom is -0.479 e. The minimum absolute atomic E-state index is 0.0756. The van der Waals surface area contributed by atoms with Gasteiger partial charge >= 0.3 is 5.69 Å². The van der Waals surface area contributed by atoms with Crippen molar-refractivity contribution >= 4 is 11.5 Å². The first kappa shape index (κ1) is 13.5. The molecule has 0 aliphatic carbocycles. The summed E-state index contributed by atoms with van der Waals surface area (Å²) in [6.07, 6.45) is 0.693. The number of carbonyl (C=O) groups is 1. The summed E-state index contributed by atoms with van der Waals surface area (Å²) in [4.78, 5) is 22.3. The van der Waals surface area contributed by atoms with Crippen LogP contribution in [0.5, 0.6) is 5.75 Å². The normalized spacial score (nSPS) is 18.3. The lowest BCUT2D eigenvalue weighted by Gasteiger charge is -2.09. The molecule has 1 aliphatic heterocycles. The van der Waals surface area contributed by atoms with E-state index in [0.29, 0.717) is 25.2 Å². The van der Waals surface area contributed by atoms with Crippen molar-refractivity contribution in [3.05, 3.63) is 33.9 Å². The molecule has 6 nitrogen and oxygen atoms in total. The van der Waals surface area contributed by atoms with Gasteiger partial charge in [-0.2, -0.15) is 0 Å². The largest absolute Gasteiger partial charge is 0.479 e. The van der Waals surface area contributed by atoms with Crippen molar-refractivity contribution in [3.8, 4) is 5.75 Å². The molecule has 19 heavy (non-hydrogen) atoms. The SMILES string of the molecule is Cc1cccc(OCC(=O)C2CCOC2)c1[N+](=O)[O-]. The summed E-state index contributed by atoms with van der Waals surface area (Å²) in [7, 11) is 0. The van der Waals surface area contributed by atoms with Crippen LogP contribution in [0.15, 0.2) is 18.2 Å². The van der Waals surface area contributed by atoms with Crippen LogP contribution in [0.3, 0.4) is 0 Å². The summed E-state index contributed by atoms with van der Waals surface area (Å²) in [6.45, 7) is 2.48. The van der Waals surface area contributed by atoms with Crippen LogP contribution in [-0.4, -0.2) is 30.5 Å². The number of nitrogens with zero attached hydrogens (tertiary/aromatic N) is 1. The highest BCUT2D eigenvalue weighted by Gasteiger charge is 2.25. The molecule has 1 heterocycles. The number of ether oxygens (including phenoxy) is 2. The van der Waals surface area contributed by atoms with Crippen molar-refractivity contribution in [2.45, 2.75) is 13.3 Å². The van der Waals surface area contributed by atoms with Gasteiger partial charge in [-0.15, -0.1) is 0 Å². The molecule has 2 rings (SSSR count). The number of ketones is 1. The standard InChI is InChI=1S/C13H15NO5/c1-9-3-2-4-12(13(9)14(16)17)19-8-11(15)10-5-6-18-7-10/h2-4,10H,5-8H2,1H3. The third-order valence-corrected chi connectivity index (χ3v) is 3.14. The van der Waals surface area contributed by atoms with Crippen molar-refractivity contribution in [1.29, 1.82) is 0 Å². The lowest BCUT2D eigenvalue weighted by molar-refractivity contribution is -0.386. The Morgan fingerprint density at radius 3 is 3.00 bits per heavy atom. The van der Waals surface area contributed by atoms with Gasteiger partial charge in [0.25, 0.3) is 0 Å². The molecular weight excluding hydrogens is 250 g/mol. The van der Waals surface area contributed by atoms with E-state index in [1.54, 1.807) is 19.1 Å². The summed E-state index contributed by atoms with van der Waals surface area (Å²) in [6, 6.07) is 4.81. The van der Waals surface area contributed by atoms with E-state index in [1.807, 2.05) is 0 Å². The zero-order valence-electron chi connectivity index (χ0n) is 10.6. The molecule has 0 aromatic heterocycles. The lowest BCUT2D eigenvalue weighted by atomic mass is 10.0. The summed E-state index contributed by atoms with van der Waals surface area (Å²) >= 11 is 0. The predicted octanol–water partition coefficient (Wildman–Crippen LogP) is 1.89. The fourth-order valence-electron chi connectivity index (χ4n) is 2.04. The van der Waals surface area contributed by atoms with Crippen LogP contribution >= 0.6 is 0 Å². The number of carbonyl (C=O) groups excluding carboxylic acids is 1. The van der Waals surface area contributed by atoms with Gasteiger partial charge in [-0.3, -0.25) is 14.9 Å². The zero-order chi connectivity index (χ0) is 13.8. The quantitative estimate of drug-likeness (QED) is 0.600. The molecule has 0 saturated carbocycles. The van der Waals surface area contributed by atoms with Crippen molar-refractivity contribution in [1.82, 2.24) is 0 Å². The average Bonchev–Trinajstić information content (AvgIpc) is 2.89. The summed E-state index contributed by atoms with van der Waals surface area (Å²) in [5, 5.41) is 11.0. The average molecular weight is 265 g/mol. The van der Waals surface area contributed by atoms with Crippen LogP contribution in [0.2, 0.25) is 0 Å². The first-order chi connectivity index (χ1) is 9.09. The summed E-state index contributed by atoms with van der Waals surface area (Å²) in [5.41, 5.74) is 0.428. The molecule has 102 valence electrons. The molecule has 0 bridgehead atoms. The lowest BCUT2D eigenvalue weighted by Crippen LogP contribution is -2.22. The number of nitro benzene ring substituents is 1. The van der Waals surface area contributed by atoms with E-state index in [1.165, 1.54) is 6.07 Å². The number of benzene rings is 1. The maximum Gasteiger partial charge on any atom is 0.313 e. The van der Waals surface area contributed by atoms with Gasteiger partial charge in [-0.25, -0.2) is 0 Å². The Hall–Kier alpha value is -1.95. The van der Waals surface area contributed by atoms with Gasteiger partial charge in [-0.05, 0) is 19.4 Å². The van der Waals surface area contributed by atoms with Crippen molar-refractivity contribution in [2.75, 3.05) is 19.8 Å². The number of rotatable bonds is 5. The highest BCUT2D eigenvalue weighted by atomic mass is 16.6. The predicted molar refractivity (Wildman–Crippen MR) is 67.3 cm³/mol. The van der Waals surface area contributed by atoms with E-state index in [0.717, 1.165) is 0 Å². The minimum atomic E-state index is -0.492. The van der Waals surface area contributed by atoms with Gasteiger partial charge in [0.2, 0.25) is 0 Å². The van der Waals surface area contributed by atoms with Crippen molar-refractivity contribution in [2.24, 2.45) is 5.92 Å². The van der Waals surface area contributed by atoms with Crippen LogP contribution < -0.4 is 4.74 Å². The summed E-state index contributed by atoms with van der Waals surface area (Å²) < 4.78 is 10.4. The van der Waals surface area contributed by atoms with E-state index < -0.39 is 4.92 Å². The second kappa shape index (κ2) is 5.79. The zero-order valence-corrected chi connectivity index (χ0v) is 10.6. The Bertz CT molecular complexity index is 494. The number of nitro groups is 1. The Kier molecular flexibility index (Phi) is 4.11. The van der Waals surface area contributed by atoms with Gasteiger partial charge in [0, 0.05) is 18.1 Å². The highest BCUT2D eigenvalue weighted by molar-refractivity contribution is 5.83. The van der Waals surface area contributed by atoms with Gasteiger partial charge in [-0.1, -0.05) is 12.1 Å². The first-order valence-electron chi connectivity index (χ1n) is 6.07. The molecule has 1 fully saturated rings. The number of hydrogen-bond donors (Lipinski definition) is 0. The summed E-state index contributed by atoms with van der Waals surface area (Å²) in [5.74, 6) is -0.0885. The fraction of sp³-hybridized carbons (Fsp3) is 0.462. The highest BCUT2D eigenvalue weighted by Crippen LogP contribution is 2.30. The molecule has 0 spiro atoms. The molecule has 1 aromatic rings. The van der Waals surface area contributed by atoms with Crippen LogP contribution in [0, 0.1) is 23.0 Å².